The summed E-state index contributed by atoms with van der Waals surface area (Å²) in [5.41, 5.74) is 1.18. The Bertz CT molecular complexity index is 1220. The molecule has 174 valence electrons. The van der Waals surface area contributed by atoms with Crippen LogP contribution in [0.2, 0.25) is 0 Å². The van der Waals surface area contributed by atoms with Gasteiger partial charge in [-0.15, -0.1) is 0 Å². The van der Waals surface area contributed by atoms with E-state index in [1.54, 1.807) is 35.4 Å². The van der Waals surface area contributed by atoms with E-state index in [2.05, 4.69) is 26.0 Å². The number of ether oxygens (including phenoxy) is 1. The fourth-order valence-electron chi connectivity index (χ4n) is 4.45. The van der Waals surface area contributed by atoms with Crippen molar-refractivity contribution in [3.8, 4) is 0 Å². The van der Waals surface area contributed by atoms with Gasteiger partial charge in [0.15, 0.2) is 5.65 Å². The number of carbonyl (C=O) groups is 1. The molecule has 0 aromatic carbocycles. The van der Waals surface area contributed by atoms with Gasteiger partial charge in [0, 0.05) is 38.5 Å². The molecule has 0 bridgehead atoms. The molecular formula is C23H29N7O3. The number of nitrogens with one attached hydrogen (secondary N) is 3. The van der Waals surface area contributed by atoms with Crippen LogP contribution in [0.3, 0.4) is 0 Å². The predicted molar refractivity (Wildman–Crippen MR) is 125 cm³/mol. The second-order valence-corrected chi connectivity index (χ2v) is 8.74. The summed E-state index contributed by atoms with van der Waals surface area (Å²) < 4.78 is 8.85. The smallest absolute Gasteiger partial charge is 0.274 e. The van der Waals surface area contributed by atoms with Gasteiger partial charge in [0.25, 0.3) is 11.5 Å². The van der Waals surface area contributed by atoms with E-state index >= 15 is 0 Å². The van der Waals surface area contributed by atoms with E-state index in [-0.39, 0.29) is 29.7 Å². The van der Waals surface area contributed by atoms with Crippen molar-refractivity contribution in [1.82, 2.24) is 24.5 Å². The zero-order chi connectivity index (χ0) is 22.9. The molecule has 2 aliphatic rings. The van der Waals surface area contributed by atoms with Crippen molar-refractivity contribution in [1.29, 1.82) is 0 Å². The van der Waals surface area contributed by atoms with Crippen molar-refractivity contribution in [2.45, 2.75) is 56.7 Å². The second-order valence-electron chi connectivity index (χ2n) is 8.74. The standard InChI is InChI=1S/C23H29N7O3/c1-24-20-12-19(28-21-17(13-25-30(20)21)22(31)26-14-5-6-14)27-18-4-3-11-29(23(18)32)15-7-9-16(33-2)10-8-15/h3-4,11-16,24H,5-10H2,1-2H3,(H,26,31)(H,27,28). The highest BCUT2D eigenvalue weighted by molar-refractivity contribution is 6.00. The van der Waals surface area contributed by atoms with Gasteiger partial charge in [0.05, 0.1) is 12.3 Å². The Hall–Kier alpha value is -3.40. The maximum absolute atomic E-state index is 13.2. The number of carbonyl (C=O) groups excluding carboxylic acids is 1. The van der Waals surface area contributed by atoms with Gasteiger partial charge in [-0.25, -0.2) is 4.98 Å². The van der Waals surface area contributed by atoms with Crippen LogP contribution in [0.4, 0.5) is 17.3 Å². The molecule has 10 nitrogen and oxygen atoms in total. The van der Waals surface area contributed by atoms with E-state index < -0.39 is 0 Å². The minimum absolute atomic E-state index is 0.0914. The minimum atomic E-state index is -0.187. The van der Waals surface area contributed by atoms with Crippen LogP contribution in [0.25, 0.3) is 5.65 Å². The summed E-state index contributed by atoms with van der Waals surface area (Å²) in [6.07, 6.45) is 9.35. The molecule has 0 atom stereocenters. The summed E-state index contributed by atoms with van der Waals surface area (Å²) in [5, 5.41) is 13.5. The van der Waals surface area contributed by atoms with Crippen LogP contribution in [-0.2, 0) is 4.74 Å². The first-order valence-corrected chi connectivity index (χ1v) is 11.5. The van der Waals surface area contributed by atoms with Gasteiger partial charge in [0.2, 0.25) is 0 Å². The third kappa shape index (κ3) is 4.30. The summed E-state index contributed by atoms with van der Waals surface area (Å²) >= 11 is 0. The average Bonchev–Trinajstić information content (AvgIpc) is 3.55. The number of fused-ring (bicyclic) bond motifs is 1. The predicted octanol–water partition coefficient (Wildman–Crippen LogP) is 2.70. The van der Waals surface area contributed by atoms with Crippen molar-refractivity contribution in [2.75, 3.05) is 24.8 Å². The number of methoxy groups -OCH3 is 1. The molecule has 0 unspecified atom stereocenters. The highest BCUT2D eigenvalue weighted by atomic mass is 16.5. The van der Waals surface area contributed by atoms with Crippen LogP contribution >= 0.6 is 0 Å². The number of hydrogen-bond acceptors (Lipinski definition) is 7. The van der Waals surface area contributed by atoms with Crippen molar-refractivity contribution in [3.63, 3.8) is 0 Å². The van der Waals surface area contributed by atoms with E-state index in [0.717, 1.165) is 38.5 Å². The molecule has 3 aromatic rings. The topological polar surface area (TPSA) is 115 Å². The summed E-state index contributed by atoms with van der Waals surface area (Å²) in [6, 6.07) is 5.78. The Kier molecular flexibility index (Phi) is 5.76. The third-order valence-electron chi connectivity index (χ3n) is 6.49. The van der Waals surface area contributed by atoms with E-state index in [9.17, 15) is 9.59 Å². The molecule has 1 amide bonds. The van der Waals surface area contributed by atoms with Crippen molar-refractivity contribution in [3.05, 3.63) is 46.5 Å². The zero-order valence-corrected chi connectivity index (χ0v) is 18.9. The molecule has 0 saturated heterocycles. The van der Waals surface area contributed by atoms with E-state index in [1.165, 1.54) is 6.20 Å². The molecule has 33 heavy (non-hydrogen) atoms. The molecule has 0 radical (unpaired) electrons. The molecule has 3 N–H and O–H groups in total. The lowest BCUT2D eigenvalue weighted by atomic mass is 9.92. The number of nitrogens with zero attached hydrogens (tertiary/aromatic N) is 4. The Balaban J connectivity index is 1.44. The molecule has 3 aromatic heterocycles. The second kappa shape index (κ2) is 8.86. The molecule has 2 aliphatic carbocycles. The van der Waals surface area contributed by atoms with Gasteiger partial charge in [-0.2, -0.15) is 9.61 Å². The van der Waals surface area contributed by atoms with E-state index in [1.807, 2.05) is 12.3 Å². The maximum atomic E-state index is 13.2. The first-order valence-electron chi connectivity index (χ1n) is 11.5. The zero-order valence-electron chi connectivity index (χ0n) is 18.9. The summed E-state index contributed by atoms with van der Waals surface area (Å²) in [4.78, 5) is 30.5. The summed E-state index contributed by atoms with van der Waals surface area (Å²) in [6.45, 7) is 0. The third-order valence-corrected chi connectivity index (χ3v) is 6.49. The van der Waals surface area contributed by atoms with Gasteiger partial charge in [-0.1, -0.05) is 0 Å². The number of rotatable bonds is 7. The quantitative estimate of drug-likeness (QED) is 0.506. The van der Waals surface area contributed by atoms with Gasteiger partial charge < -0.3 is 25.3 Å². The van der Waals surface area contributed by atoms with Gasteiger partial charge in [0.1, 0.15) is 22.9 Å². The average molecular weight is 452 g/mol. The highest BCUT2D eigenvalue weighted by Crippen LogP contribution is 2.29. The largest absolute Gasteiger partial charge is 0.381 e. The fraction of sp³-hybridized carbons (Fsp3) is 0.478. The molecular weight excluding hydrogens is 422 g/mol. The van der Waals surface area contributed by atoms with Crippen LogP contribution in [-0.4, -0.2) is 51.4 Å². The lowest BCUT2D eigenvalue weighted by Crippen LogP contribution is -2.30. The highest BCUT2D eigenvalue weighted by Gasteiger charge is 2.26. The van der Waals surface area contributed by atoms with Crippen LogP contribution in [0.15, 0.2) is 35.4 Å². The molecule has 0 aliphatic heterocycles. The van der Waals surface area contributed by atoms with Crippen LogP contribution in [0.5, 0.6) is 0 Å². The first-order chi connectivity index (χ1) is 16.1. The van der Waals surface area contributed by atoms with Crippen molar-refractivity contribution < 1.29 is 9.53 Å². The molecule has 0 spiro atoms. The Labute approximate surface area is 191 Å². The van der Waals surface area contributed by atoms with Gasteiger partial charge in [-0.05, 0) is 50.7 Å². The van der Waals surface area contributed by atoms with Gasteiger partial charge >= 0.3 is 0 Å². The van der Waals surface area contributed by atoms with Crippen LogP contribution in [0.1, 0.15) is 54.9 Å². The van der Waals surface area contributed by atoms with Crippen molar-refractivity contribution >= 4 is 28.9 Å². The Morgan fingerprint density at radius 3 is 2.67 bits per heavy atom. The van der Waals surface area contributed by atoms with Crippen molar-refractivity contribution in [2.24, 2.45) is 0 Å². The molecule has 2 saturated carbocycles. The Morgan fingerprint density at radius 2 is 1.97 bits per heavy atom. The molecule has 2 fully saturated rings. The van der Waals surface area contributed by atoms with E-state index in [0.29, 0.717) is 28.5 Å². The lowest BCUT2D eigenvalue weighted by molar-refractivity contribution is 0.0580. The molecule has 10 heteroatoms. The van der Waals surface area contributed by atoms with Gasteiger partial charge in [-0.3, -0.25) is 9.59 Å². The molecule has 5 rings (SSSR count). The number of pyridine rings is 1. The number of hydrogen-bond donors (Lipinski definition) is 3. The maximum Gasteiger partial charge on any atom is 0.274 e. The SMILES string of the molecule is CNc1cc(Nc2cccn(C3CCC(OC)CC3)c2=O)nc2c(C(=O)NC3CC3)cnn12. The normalized spacial score (nSPS) is 20.5. The molecule has 3 heterocycles. The lowest BCUT2D eigenvalue weighted by Gasteiger charge is -2.29. The summed E-state index contributed by atoms with van der Waals surface area (Å²) in [7, 11) is 3.52. The fourth-order valence-corrected chi connectivity index (χ4v) is 4.45. The number of aromatic nitrogens is 4. The first kappa shape index (κ1) is 21.4. The Morgan fingerprint density at radius 1 is 1.18 bits per heavy atom. The van der Waals surface area contributed by atoms with E-state index in [4.69, 9.17) is 4.74 Å². The number of amides is 1. The van der Waals surface area contributed by atoms with Crippen LogP contribution < -0.4 is 21.5 Å². The van der Waals surface area contributed by atoms with Crippen LogP contribution in [0, 0.1) is 0 Å². The summed E-state index contributed by atoms with van der Waals surface area (Å²) in [5.74, 6) is 0.931. The number of anilines is 3. The minimum Gasteiger partial charge on any atom is -0.381 e. The monoisotopic (exact) mass is 451 g/mol.